The molecule has 0 radical (unpaired) electrons. The molecule has 2 aromatic rings. The molecule has 2 heterocycles. The standard InChI is InChI=1S/C21H25Cl2F2N5/c1-11-10-30(12(2)9-29(11)16-7-17(23)28-20(27)18(16)26)19(15-8-21(15,24)25)13-3-5-14(22)6-4-13/h3-7,11-12,15,19H,8-10,26H2,1-2H3,(H2,27,28)/t11-,12+,15-,19?/m0/s1. The Balaban J connectivity index is 1.64. The molecular weight excluding hydrogens is 431 g/mol. The summed E-state index contributed by atoms with van der Waals surface area (Å²) in [6.07, 6.45) is -0.0922. The van der Waals surface area contributed by atoms with Crippen LogP contribution < -0.4 is 16.4 Å². The van der Waals surface area contributed by atoms with Crippen LogP contribution in [0.1, 0.15) is 31.9 Å². The van der Waals surface area contributed by atoms with Gasteiger partial charge < -0.3 is 16.4 Å². The van der Waals surface area contributed by atoms with Crippen LogP contribution in [0.3, 0.4) is 0 Å². The molecule has 1 aliphatic carbocycles. The lowest BCUT2D eigenvalue weighted by atomic mass is 9.95. The number of nitrogens with zero attached hydrogens (tertiary/aromatic N) is 3. The van der Waals surface area contributed by atoms with Crippen LogP contribution in [0.4, 0.5) is 26.0 Å². The second kappa shape index (κ2) is 7.70. The molecule has 30 heavy (non-hydrogen) atoms. The van der Waals surface area contributed by atoms with Crippen molar-refractivity contribution in [3.63, 3.8) is 0 Å². The van der Waals surface area contributed by atoms with Crippen molar-refractivity contribution in [2.75, 3.05) is 29.5 Å². The van der Waals surface area contributed by atoms with Gasteiger partial charge in [-0.2, -0.15) is 0 Å². The van der Waals surface area contributed by atoms with Gasteiger partial charge in [0.05, 0.1) is 11.4 Å². The minimum Gasteiger partial charge on any atom is -0.394 e. The van der Waals surface area contributed by atoms with E-state index in [1.54, 1.807) is 18.2 Å². The molecule has 2 fully saturated rings. The molecule has 1 aromatic carbocycles. The van der Waals surface area contributed by atoms with Gasteiger partial charge in [-0.1, -0.05) is 35.3 Å². The maximum absolute atomic E-state index is 14.2. The summed E-state index contributed by atoms with van der Waals surface area (Å²) in [5, 5.41) is 0.865. The molecule has 1 aliphatic heterocycles. The minimum absolute atomic E-state index is 0.00541. The summed E-state index contributed by atoms with van der Waals surface area (Å²) in [6, 6.07) is 8.58. The number of aromatic nitrogens is 1. The van der Waals surface area contributed by atoms with Crippen LogP contribution in [0, 0.1) is 5.92 Å². The summed E-state index contributed by atoms with van der Waals surface area (Å²) < 4.78 is 28.3. The molecule has 9 heteroatoms. The zero-order valence-electron chi connectivity index (χ0n) is 16.8. The topological polar surface area (TPSA) is 71.4 Å². The maximum Gasteiger partial charge on any atom is 0.253 e. The molecule has 0 spiro atoms. The van der Waals surface area contributed by atoms with Crippen LogP contribution in [0.15, 0.2) is 30.3 Å². The van der Waals surface area contributed by atoms with Gasteiger partial charge in [-0.3, -0.25) is 4.90 Å². The van der Waals surface area contributed by atoms with Crippen molar-refractivity contribution in [2.24, 2.45) is 5.92 Å². The number of benzene rings is 1. The number of nitrogen functional groups attached to an aromatic ring is 2. The largest absolute Gasteiger partial charge is 0.394 e. The summed E-state index contributed by atoms with van der Waals surface area (Å²) in [6.45, 7) is 5.30. The van der Waals surface area contributed by atoms with Gasteiger partial charge in [0, 0.05) is 54.6 Å². The smallest absolute Gasteiger partial charge is 0.253 e. The van der Waals surface area contributed by atoms with E-state index < -0.39 is 11.8 Å². The average Bonchev–Trinajstić information content (AvgIpc) is 3.30. The second-order valence-corrected chi connectivity index (χ2v) is 9.20. The third-order valence-corrected chi connectivity index (χ3v) is 6.65. The first-order valence-corrected chi connectivity index (χ1v) is 10.7. The van der Waals surface area contributed by atoms with E-state index in [1.165, 1.54) is 0 Å². The average molecular weight is 456 g/mol. The fraction of sp³-hybridized carbons (Fsp3) is 0.476. The van der Waals surface area contributed by atoms with Crippen LogP contribution in [0.25, 0.3) is 0 Å². The molecule has 5 nitrogen and oxygen atoms in total. The lowest BCUT2D eigenvalue weighted by Gasteiger charge is -2.48. The lowest BCUT2D eigenvalue weighted by Crippen LogP contribution is -2.58. The van der Waals surface area contributed by atoms with E-state index in [9.17, 15) is 8.78 Å². The van der Waals surface area contributed by atoms with Gasteiger partial charge in [-0.15, -0.1) is 0 Å². The summed E-state index contributed by atoms with van der Waals surface area (Å²) in [4.78, 5) is 8.31. The molecule has 1 saturated heterocycles. The molecule has 2 aliphatic rings. The first-order valence-electron chi connectivity index (χ1n) is 9.95. The van der Waals surface area contributed by atoms with Crippen LogP contribution in [-0.2, 0) is 0 Å². The van der Waals surface area contributed by atoms with Crippen LogP contribution in [-0.4, -0.2) is 41.0 Å². The van der Waals surface area contributed by atoms with E-state index in [2.05, 4.69) is 14.8 Å². The third-order valence-electron chi connectivity index (χ3n) is 6.20. The quantitative estimate of drug-likeness (QED) is 0.644. The van der Waals surface area contributed by atoms with E-state index in [1.807, 2.05) is 26.0 Å². The number of pyridine rings is 1. The zero-order chi connectivity index (χ0) is 21.8. The zero-order valence-corrected chi connectivity index (χ0v) is 18.3. The maximum atomic E-state index is 14.2. The molecular formula is C21H25Cl2F2N5. The normalized spacial score (nSPS) is 27.1. The Labute approximate surface area is 184 Å². The van der Waals surface area contributed by atoms with Gasteiger partial charge in [0.2, 0.25) is 0 Å². The number of hydrogen-bond acceptors (Lipinski definition) is 5. The Morgan fingerprint density at radius 1 is 1.10 bits per heavy atom. The molecule has 4 rings (SSSR count). The molecule has 1 aromatic heterocycles. The summed E-state index contributed by atoms with van der Waals surface area (Å²) in [7, 11) is 0. The van der Waals surface area contributed by atoms with Crippen molar-refractivity contribution < 1.29 is 8.78 Å². The number of alkyl halides is 2. The molecule has 162 valence electrons. The van der Waals surface area contributed by atoms with Crippen molar-refractivity contribution >= 4 is 40.4 Å². The lowest BCUT2D eigenvalue weighted by molar-refractivity contribution is 0.0394. The van der Waals surface area contributed by atoms with Crippen molar-refractivity contribution in [3.8, 4) is 0 Å². The third kappa shape index (κ3) is 3.90. The fourth-order valence-electron chi connectivity index (χ4n) is 4.54. The Kier molecular flexibility index (Phi) is 5.49. The number of halogens is 4. The Bertz CT molecular complexity index is 940. The molecule has 4 N–H and O–H groups in total. The van der Waals surface area contributed by atoms with Gasteiger partial charge in [-0.05, 0) is 31.5 Å². The minimum atomic E-state index is -2.64. The highest BCUT2D eigenvalue weighted by atomic mass is 35.5. The number of anilines is 3. The van der Waals surface area contributed by atoms with Crippen LogP contribution >= 0.6 is 23.2 Å². The van der Waals surface area contributed by atoms with Crippen molar-refractivity contribution in [3.05, 3.63) is 46.1 Å². The van der Waals surface area contributed by atoms with E-state index >= 15 is 0 Å². The Hall–Kier alpha value is -1.83. The predicted molar refractivity (Wildman–Crippen MR) is 118 cm³/mol. The van der Waals surface area contributed by atoms with Crippen LogP contribution in [0.5, 0.6) is 0 Å². The number of hydrogen-bond donors (Lipinski definition) is 2. The number of nitrogens with two attached hydrogens (primary N) is 2. The summed E-state index contributed by atoms with van der Waals surface area (Å²) in [5.74, 6) is -3.14. The van der Waals surface area contributed by atoms with E-state index in [0.717, 1.165) is 11.3 Å². The van der Waals surface area contributed by atoms with Crippen molar-refractivity contribution in [1.82, 2.24) is 9.88 Å². The van der Waals surface area contributed by atoms with Crippen molar-refractivity contribution in [1.29, 1.82) is 0 Å². The molecule has 1 saturated carbocycles. The summed E-state index contributed by atoms with van der Waals surface area (Å²) >= 11 is 12.1. The number of rotatable bonds is 4. The first-order chi connectivity index (χ1) is 14.1. The predicted octanol–water partition coefficient (Wildman–Crippen LogP) is 4.85. The van der Waals surface area contributed by atoms with Crippen molar-refractivity contribution in [2.45, 2.75) is 44.3 Å². The van der Waals surface area contributed by atoms with Gasteiger partial charge in [0.25, 0.3) is 5.92 Å². The molecule has 1 unspecified atom stereocenters. The Morgan fingerprint density at radius 2 is 1.73 bits per heavy atom. The highest BCUT2D eigenvalue weighted by molar-refractivity contribution is 6.30. The van der Waals surface area contributed by atoms with Crippen LogP contribution in [0.2, 0.25) is 10.2 Å². The SMILES string of the molecule is C[C@@H]1CN(c2cc(Cl)nc(N)c2N)[C@@H](C)CN1C(c1ccc(Cl)cc1)[C@@H]1CC1(F)F. The van der Waals surface area contributed by atoms with E-state index in [-0.39, 0.29) is 35.5 Å². The van der Waals surface area contributed by atoms with E-state index in [0.29, 0.717) is 23.8 Å². The first kappa shape index (κ1) is 21.4. The van der Waals surface area contributed by atoms with Gasteiger partial charge in [0.1, 0.15) is 5.15 Å². The summed E-state index contributed by atoms with van der Waals surface area (Å²) in [5.41, 5.74) is 14.0. The monoisotopic (exact) mass is 455 g/mol. The number of piperazine rings is 1. The van der Waals surface area contributed by atoms with Gasteiger partial charge >= 0.3 is 0 Å². The fourth-order valence-corrected chi connectivity index (χ4v) is 4.86. The molecule has 0 bridgehead atoms. The second-order valence-electron chi connectivity index (χ2n) is 8.38. The van der Waals surface area contributed by atoms with E-state index in [4.69, 9.17) is 34.7 Å². The Morgan fingerprint density at radius 3 is 2.33 bits per heavy atom. The molecule has 4 atom stereocenters. The van der Waals surface area contributed by atoms with Gasteiger partial charge in [-0.25, -0.2) is 13.8 Å². The highest BCUT2D eigenvalue weighted by Crippen LogP contribution is 2.57. The van der Waals surface area contributed by atoms with Gasteiger partial charge in [0.15, 0.2) is 5.82 Å². The molecule has 0 amide bonds. The highest BCUT2D eigenvalue weighted by Gasteiger charge is 2.62.